The molecule has 0 aliphatic carbocycles. The molecule has 38 heavy (non-hydrogen) atoms. The molecule has 0 radical (unpaired) electrons. The number of hydrogen-bond acceptors (Lipinski definition) is 3. The van der Waals surface area contributed by atoms with Crippen molar-refractivity contribution in [2.45, 2.75) is 38.9 Å². The molecule has 0 saturated carbocycles. The fourth-order valence-corrected chi connectivity index (χ4v) is 5.00. The van der Waals surface area contributed by atoms with E-state index < -0.39 is 6.04 Å². The number of benzene rings is 4. The van der Waals surface area contributed by atoms with Crippen molar-refractivity contribution in [2.24, 2.45) is 0 Å². The van der Waals surface area contributed by atoms with Gasteiger partial charge in [0.25, 0.3) is 5.91 Å². The van der Waals surface area contributed by atoms with Crippen LogP contribution in [0, 0.1) is 0 Å². The molecule has 0 aliphatic heterocycles. The maximum atomic E-state index is 13.8. The monoisotopic (exact) mass is 592 g/mol. The van der Waals surface area contributed by atoms with Crippen LogP contribution < -0.4 is 10.1 Å². The van der Waals surface area contributed by atoms with Gasteiger partial charge in [0.1, 0.15) is 11.8 Å². The van der Waals surface area contributed by atoms with Gasteiger partial charge in [0.05, 0.1) is 4.47 Å². The van der Waals surface area contributed by atoms with Gasteiger partial charge in [-0.1, -0.05) is 84.4 Å². The molecule has 0 saturated heterocycles. The Morgan fingerprint density at radius 2 is 1.58 bits per heavy atom. The molecule has 2 amide bonds. The van der Waals surface area contributed by atoms with E-state index in [2.05, 4.69) is 21.2 Å². The molecule has 0 aromatic heterocycles. The zero-order valence-corrected chi connectivity index (χ0v) is 23.7. The quantitative estimate of drug-likeness (QED) is 0.220. The van der Waals surface area contributed by atoms with Gasteiger partial charge in [-0.25, -0.2) is 0 Å². The Hall–Kier alpha value is -3.35. The number of rotatable bonds is 10. The summed E-state index contributed by atoms with van der Waals surface area (Å²) in [5.41, 5.74) is 1.83. The molecule has 0 heterocycles. The summed E-state index contributed by atoms with van der Waals surface area (Å²) in [5, 5.41) is 5.66. The summed E-state index contributed by atoms with van der Waals surface area (Å²) in [6.45, 7) is 3.83. The van der Waals surface area contributed by atoms with Gasteiger partial charge in [-0.15, -0.1) is 0 Å². The Bertz CT molecular complexity index is 1390. The Kier molecular flexibility index (Phi) is 9.43. The third kappa shape index (κ3) is 7.15. The zero-order chi connectivity index (χ0) is 27.1. The second-order valence-electron chi connectivity index (χ2n) is 9.40. The van der Waals surface area contributed by atoms with Crippen LogP contribution in [0.25, 0.3) is 10.8 Å². The zero-order valence-electron chi connectivity index (χ0n) is 21.4. The average molecular weight is 594 g/mol. The van der Waals surface area contributed by atoms with Crippen LogP contribution in [0.3, 0.4) is 0 Å². The molecule has 4 aromatic rings. The highest BCUT2D eigenvalue weighted by Crippen LogP contribution is 2.33. The SMILES string of the molecule is CC(C)NC(=O)[C@H](Cc1ccccc1)N(Cc1ccc(Cl)cc1)C(=O)COc1ccc2ccccc2c1Br. The predicted molar refractivity (Wildman–Crippen MR) is 156 cm³/mol. The van der Waals surface area contributed by atoms with E-state index in [0.29, 0.717) is 17.2 Å². The smallest absolute Gasteiger partial charge is 0.261 e. The van der Waals surface area contributed by atoms with Crippen molar-refractivity contribution in [1.82, 2.24) is 10.2 Å². The standard InChI is InChI=1S/C31H30BrClN2O3/c1-21(2)34-31(37)27(18-22-8-4-3-5-9-22)35(19-23-12-15-25(33)16-13-23)29(36)20-38-28-17-14-24-10-6-7-11-26(24)30(28)32/h3-17,21,27H,18-20H2,1-2H3,(H,34,37)/t27-/m0/s1. The average Bonchev–Trinajstić information content (AvgIpc) is 2.91. The van der Waals surface area contributed by atoms with Crippen molar-refractivity contribution < 1.29 is 14.3 Å². The summed E-state index contributed by atoms with van der Waals surface area (Å²) < 4.78 is 6.80. The Labute approximate surface area is 236 Å². The Morgan fingerprint density at radius 3 is 2.29 bits per heavy atom. The highest BCUT2D eigenvalue weighted by molar-refractivity contribution is 9.10. The molecule has 7 heteroatoms. The normalized spacial score (nSPS) is 11.8. The van der Waals surface area contributed by atoms with Crippen molar-refractivity contribution in [3.63, 3.8) is 0 Å². The molecular formula is C31H30BrClN2O3. The Morgan fingerprint density at radius 1 is 0.895 bits per heavy atom. The minimum Gasteiger partial charge on any atom is -0.483 e. The summed E-state index contributed by atoms with van der Waals surface area (Å²) in [6, 6.07) is 27.9. The van der Waals surface area contributed by atoms with E-state index >= 15 is 0 Å². The number of nitrogens with zero attached hydrogens (tertiary/aromatic N) is 1. The lowest BCUT2D eigenvalue weighted by Crippen LogP contribution is -2.52. The van der Waals surface area contributed by atoms with E-state index in [-0.39, 0.29) is 31.0 Å². The van der Waals surface area contributed by atoms with Gasteiger partial charge in [-0.3, -0.25) is 9.59 Å². The molecular weight excluding hydrogens is 564 g/mol. The van der Waals surface area contributed by atoms with Gasteiger partial charge in [0.2, 0.25) is 5.91 Å². The van der Waals surface area contributed by atoms with Gasteiger partial charge in [0.15, 0.2) is 6.61 Å². The first-order valence-corrected chi connectivity index (χ1v) is 13.7. The van der Waals surface area contributed by atoms with E-state index in [9.17, 15) is 9.59 Å². The van der Waals surface area contributed by atoms with Crippen molar-refractivity contribution >= 4 is 50.1 Å². The predicted octanol–water partition coefficient (Wildman–Crippen LogP) is 6.80. The highest BCUT2D eigenvalue weighted by Gasteiger charge is 2.31. The van der Waals surface area contributed by atoms with Crippen LogP contribution in [0.1, 0.15) is 25.0 Å². The molecule has 5 nitrogen and oxygen atoms in total. The minimum atomic E-state index is -0.730. The van der Waals surface area contributed by atoms with Gasteiger partial charge in [-0.05, 0) is 69.9 Å². The van der Waals surface area contributed by atoms with Crippen molar-refractivity contribution in [3.8, 4) is 5.75 Å². The molecule has 1 atom stereocenters. The van der Waals surface area contributed by atoms with Crippen LogP contribution in [0.15, 0.2) is 95.5 Å². The highest BCUT2D eigenvalue weighted by atomic mass is 79.9. The summed E-state index contributed by atoms with van der Waals surface area (Å²) in [7, 11) is 0. The summed E-state index contributed by atoms with van der Waals surface area (Å²) in [5.74, 6) is 0.0626. The van der Waals surface area contributed by atoms with E-state index in [1.54, 1.807) is 17.0 Å². The lowest BCUT2D eigenvalue weighted by atomic mass is 10.0. The van der Waals surface area contributed by atoms with Crippen molar-refractivity contribution in [2.75, 3.05) is 6.61 Å². The first-order valence-electron chi connectivity index (χ1n) is 12.5. The maximum absolute atomic E-state index is 13.8. The van der Waals surface area contributed by atoms with Gasteiger partial charge in [0, 0.05) is 24.0 Å². The summed E-state index contributed by atoms with van der Waals surface area (Å²) in [4.78, 5) is 28.8. The fraction of sp³-hybridized carbons (Fsp3) is 0.226. The molecule has 4 rings (SSSR count). The van der Waals surface area contributed by atoms with Crippen LogP contribution in [-0.4, -0.2) is 35.4 Å². The summed E-state index contributed by atoms with van der Waals surface area (Å²) >= 11 is 9.72. The van der Waals surface area contributed by atoms with Crippen LogP contribution in [0.2, 0.25) is 5.02 Å². The van der Waals surface area contributed by atoms with E-state index in [0.717, 1.165) is 26.4 Å². The fourth-order valence-electron chi connectivity index (χ4n) is 4.27. The number of halogens is 2. The second kappa shape index (κ2) is 12.9. The maximum Gasteiger partial charge on any atom is 0.261 e. The third-order valence-electron chi connectivity index (χ3n) is 6.15. The second-order valence-corrected chi connectivity index (χ2v) is 10.6. The molecule has 0 aliphatic rings. The Balaban J connectivity index is 1.63. The van der Waals surface area contributed by atoms with Crippen LogP contribution in [0.4, 0.5) is 0 Å². The first kappa shape index (κ1) is 27.7. The number of carbonyl (C=O) groups is 2. The summed E-state index contributed by atoms with van der Waals surface area (Å²) in [6.07, 6.45) is 0.373. The van der Waals surface area contributed by atoms with E-state index in [1.807, 2.05) is 92.7 Å². The largest absolute Gasteiger partial charge is 0.483 e. The van der Waals surface area contributed by atoms with E-state index in [4.69, 9.17) is 16.3 Å². The number of carbonyl (C=O) groups excluding carboxylic acids is 2. The van der Waals surface area contributed by atoms with Crippen LogP contribution in [0.5, 0.6) is 5.75 Å². The molecule has 0 fully saturated rings. The molecule has 196 valence electrons. The topological polar surface area (TPSA) is 58.6 Å². The van der Waals surface area contributed by atoms with Crippen LogP contribution >= 0.6 is 27.5 Å². The lowest BCUT2D eigenvalue weighted by molar-refractivity contribution is -0.143. The number of amides is 2. The lowest BCUT2D eigenvalue weighted by Gasteiger charge is -2.32. The molecule has 0 unspecified atom stereocenters. The third-order valence-corrected chi connectivity index (χ3v) is 7.22. The minimum absolute atomic E-state index is 0.0712. The van der Waals surface area contributed by atoms with Gasteiger partial charge in [-0.2, -0.15) is 0 Å². The first-order chi connectivity index (χ1) is 18.3. The van der Waals surface area contributed by atoms with Gasteiger partial charge >= 0.3 is 0 Å². The molecule has 4 aromatic carbocycles. The number of nitrogens with one attached hydrogen (secondary N) is 1. The molecule has 0 spiro atoms. The molecule has 1 N–H and O–H groups in total. The number of hydrogen-bond donors (Lipinski definition) is 1. The van der Waals surface area contributed by atoms with Crippen molar-refractivity contribution in [3.05, 3.63) is 112 Å². The van der Waals surface area contributed by atoms with Crippen molar-refractivity contribution in [1.29, 1.82) is 0 Å². The van der Waals surface area contributed by atoms with Gasteiger partial charge < -0.3 is 15.0 Å². The number of ether oxygens (including phenoxy) is 1. The molecule has 0 bridgehead atoms. The van der Waals surface area contributed by atoms with E-state index in [1.165, 1.54) is 0 Å². The van der Waals surface area contributed by atoms with Crippen LogP contribution in [-0.2, 0) is 22.6 Å². The number of fused-ring (bicyclic) bond motifs is 1.